The number of para-hydroxylation sites is 1. The van der Waals surface area contributed by atoms with Crippen LogP contribution in [0.25, 0.3) is 22.3 Å². The number of benzene rings is 2. The number of rotatable bonds is 3. The van der Waals surface area contributed by atoms with Crippen molar-refractivity contribution in [3.8, 4) is 22.3 Å². The van der Waals surface area contributed by atoms with E-state index in [-0.39, 0.29) is 0 Å². The highest BCUT2D eigenvalue weighted by Gasteiger charge is 2.17. The molecular weight excluding hydrogens is 302 g/mol. The summed E-state index contributed by atoms with van der Waals surface area (Å²) in [7, 11) is 0. The summed E-state index contributed by atoms with van der Waals surface area (Å²) in [6.07, 6.45) is 0. The number of nitrogens with zero attached hydrogens (tertiary/aromatic N) is 1. The third-order valence-electron chi connectivity index (χ3n) is 4.29. The van der Waals surface area contributed by atoms with E-state index in [0.29, 0.717) is 0 Å². The lowest BCUT2D eigenvalue weighted by Crippen LogP contribution is -2.36. The van der Waals surface area contributed by atoms with Crippen LogP contribution in [0.2, 0.25) is 0 Å². The van der Waals surface area contributed by atoms with Gasteiger partial charge in [-0.05, 0) is 22.4 Å². The predicted molar refractivity (Wildman–Crippen MR) is 98.2 cm³/mol. The zero-order valence-electron chi connectivity index (χ0n) is 12.9. The van der Waals surface area contributed by atoms with Gasteiger partial charge in [-0.25, -0.2) is 0 Å². The Morgan fingerprint density at radius 1 is 0.739 bits per heavy atom. The molecule has 0 N–H and O–H groups in total. The third-order valence-corrected chi connectivity index (χ3v) is 5.04. The first-order valence-electron chi connectivity index (χ1n) is 7.97. The summed E-state index contributed by atoms with van der Waals surface area (Å²) in [5.74, 6) is 0. The van der Waals surface area contributed by atoms with Crippen LogP contribution in [0.15, 0.2) is 65.4 Å². The Labute approximate surface area is 141 Å². The second kappa shape index (κ2) is 6.57. The van der Waals surface area contributed by atoms with Gasteiger partial charge in [0.25, 0.3) is 0 Å². The molecule has 0 bridgehead atoms. The average molecular weight is 321 g/mol. The molecule has 1 aromatic heterocycles. The smallest absolute Gasteiger partial charge is 0.0642 e. The average Bonchev–Trinajstić information content (AvgIpc) is 3.13. The van der Waals surface area contributed by atoms with Gasteiger partial charge in [0.15, 0.2) is 0 Å². The van der Waals surface area contributed by atoms with Gasteiger partial charge >= 0.3 is 0 Å². The SMILES string of the molecule is c1ccc(-c2cscc2-c2ccccc2N2CCOCC2)cc1. The van der Waals surface area contributed by atoms with Crippen molar-refractivity contribution in [3.63, 3.8) is 0 Å². The number of hydrogen-bond acceptors (Lipinski definition) is 3. The molecule has 2 nitrogen and oxygen atoms in total. The highest BCUT2D eigenvalue weighted by molar-refractivity contribution is 7.08. The van der Waals surface area contributed by atoms with Crippen LogP contribution in [0, 0.1) is 0 Å². The molecule has 116 valence electrons. The van der Waals surface area contributed by atoms with Crippen molar-refractivity contribution in [1.82, 2.24) is 0 Å². The van der Waals surface area contributed by atoms with Crippen molar-refractivity contribution in [2.24, 2.45) is 0 Å². The van der Waals surface area contributed by atoms with E-state index in [9.17, 15) is 0 Å². The molecule has 3 aromatic rings. The fraction of sp³-hybridized carbons (Fsp3) is 0.200. The third kappa shape index (κ3) is 2.90. The van der Waals surface area contributed by atoms with Gasteiger partial charge in [-0.1, -0.05) is 48.5 Å². The number of anilines is 1. The number of morpholine rings is 1. The highest BCUT2D eigenvalue weighted by atomic mass is 32.1. The summed E-state index contributed by atoms with van der Waals surface area (Å²) >= 11 is 1.77. The van der Waals surface area contributed by atoms with E-state index in [0.717, 1.165) is 26.3 Å². The predicted octanol–water partition coefficient (Wildman–Crippen LogP) is 4.92. The molecule has 0 atom stereocenters. The summed E-state index contributed by atoms with van der Waals surface area (Å²) in [5.41, 5.74) is 6.54. The fourth-order valence-corrected chi connectivity index (χ4v) is 3.99. The fourth-order valence-electron chi connectivity index (χ4n) is 3.13. The topological polar surface area (TPSA) is 12.5 Å². The molecule has 0 saturated carbocycles. The van der Waals surface area contributed by atoms with Crippen molar-refractivity contribution < 1.29 is 4.74 Å². The molecule has 4 rings (SSSR count). The molecule has 0 amide bonds. The van der Waals surface area contributed by atoms with Gasteiger partial charge in [-0.3, -0.25) is 0 Å². The molecular formula is C20H19NOS. The summed E-state index contributed by atoms with van der Waals surface area (Å²) in [6, 6.07) is 19.4. The van der Waals surface area contributed by atoms with Crippen molar-refractivity contribution in [3.05, 3.63) is 65.4 Å². The Hall–Kier alpha value is -2.10. The number of thiophene rings is 1. The van der Waals surface area contributed by atoms with Gasteiger partial charge in [-0.2, -0.15) is 11.3 Å². The molecule has 2 heterocycles. The summed E-state index contributed by atoms with van der Waals surface area (Å²) in [4.78, 5) is 2.44. The lowest BCUT2D eigenvalue weighted by atomic mass is 9.97. The van der Waals surface area contributed by atoms with Crippen LogP contribution in [0.5, 0.6) is 0 Å². The summed E-state index contributed by atoms with van der Waals surface area (Å²) in [5, 5.41) is 4.52. The van der Waals surface area contributed by atoms with Crippen molar-refractivity contribution >= 4 is 17.0 Å². The van der Waals surface area contributed by atoms with Crippen LogP contribution in [-0.4, -0.2) is 26.3 Å². The standard InChI is InChI=1S/C20H19NOS/c1-2-6-16(7-3-1)18-14-23-15-19(18)17-8-4-5-9-20(17)21-10-12-22-13-11-21/h1-9,14-15H,10-13H2. The Morgan fingerprint density at radius 2 is 1.43 bits per heavy atom. The van der Waals surface area contributed by atoms with Gasteiger partial charge in [0.1, 0.15) is 0 Å². The van der Waals surface area contributed by atoms with Gasteiger partial charge in [-0.15, -0.1) is 0 Å². The lowest BCUT2D eigenvalue weighted by Gasteiger charge is -2.30. The van der Waals surface area contributed by atoms with Crippen molar-refractivity contribution in [1.29, 1.82) is 0 Å². The van der Waals surface area contributed by atoms with E-state index in [1.54, 1.807) is 11.3 Å². The van der Waals surface area contributed by atoms with Crippen LogP contribution in [0.4, 0.5) is 5.69 Å². The molecule has 1 fully saturated rings. The first kappa shape index (κ1) is 14.5. The molecule has 0 spiro atoms. The maximum Gasteiger partial charge on any atom is 0.0642 e. The summed E-state index contributed by atoms with van der Waals surface area (Å²) in [6.45, 7) is 3.54. The molecule has 2 aromatic carbocycles. The van der Waals surface area contributed by atoms with E-state index < -0.39 is 0 Å². The summed E-state index contributed by atoms with van der Waals surface area (Å²) < 4.78 is 5.51. The van der Waals surface area contributed by atoms with Crippen molar-refractivity contribution in [2.45, 2.75) is 0 Å². The van der Waals surface area contributed by atoms with E-state index >= 15 is 0 Å². The van der Waals surface area contributed by atoms with E-state index in [1.807, 2.05) is 0 Å². The molecule has 1 aliphatic rings. The zero-order chi connectivity index (χ0) is 15.5. The minimum atomic E-state index is 0.809. The molecule has 0 unspecified atom stereocenters. The van der Waals surface area contributed by atoms with Crippen molar-refractivity contribution in [2.75, 3.05) is 31.2 Å². The maximum atomic E-state index is 5.51. The zero-order valence-corrected chi connectivity index (χ0v) is 13.8. The molecule has 0 radical (unpaired) electrons. The Kier molecular flexibility index (Phi) is 4.14. The van der Waals surface area contributed by atoms with Crippen LogP contribution < -0.4 is 4.90 Å². The minimum Gasteiger partial charge on any atom is -0.378 e. The number of ether oxygens (including phenoxy) is 1. The van der Waals surface area contributed by atoms with E-state index in [2.05, 4.69) is 70.3 Å². The van der Waals surface area contributed by atoms with Gasteiger partial charge in [0, 0.05) is 35.5 Å². The highest BCUT2D eigenvalue weighted by Crippen LogP contribution is 2.39. The van der Waals surface area contributed by atoms with Crippen LogP contribution in [0.1, 0.15) is 0 Å². The Morgan fingerprint density at radius 3 is 2.26 bits per heavy atom. The number of hydrogen-bond donors (Lipinski definition) is 0. The molecule has 0 aliphatic carbocycles. The second-order valence-corrected chi connectivity index (χ2v) is 6.43. The molecule has 23 heavy (non-hydrogen) atoms. The van der Waals surface area contributed by atoms with Gasteiger partial charge in [0.05, 0.1) is 13.2 Å². The van der Waals surface area contributed by atoms with Gasteiger partial charge in [0.2, 0.25) is 0 Å². The quantitative estimate of drug-likeness (QED) is 0.679. The normalized spacial score (nSPS) is 14.9. The van der Waals surface area contributed by atoms with Crippen LogP contribution >= 0.6 is 11.3 Å². The first-order chi connectivity index (χ1) is 11.4. The Balaban J connectivity index is 1.79. The van der Waals surface area contributed by atoms with Crippen LogP contribution in [0.3, 0.4) is 0 Å². The molecule has 1 aliphatic heterocycles. The van der Waals surface area contributed by atoms with E-state index in [4.69, 9.17) is 4.74 Å². The van der Waals surface area contributed by atoms with Crippen LogP contribution in [-0.2, 0) is 4.74 Å². The second-order valence-electron chi connectivity index (χ2n) is 5.68. The first-order valence-corrected chi connectivity index (χ1v) is 8.91. The molecule has 1 saturated heterocycles. The largest absolute Gasteiger partial charge is 0.378 e. The van der Waals surface area contributed by atoms with Gasteiger partial charge < -0.3 is 9.64 Å². The molecule has 3 heteroatoms. The Bertz CT molecular complexity index is 775. The van der Waals surface area contributed by atoms with E-state index in [1.165, 1.54) is 27.9 Å². The minimum absolute atomic E-state index is 0.809. The maximum absolute atomic E-state index is 5.51. The lowest BCUT2D eigenvalue weighted by molar-refractivity contribution is 0.123. The monoisotopic (exact) mass is 321 g/mol.